The molecule has 1 amide bonds. The molecule has 2 aromatic rings. The molecule has 2 saturated heterocycles. The van der Waals surface area contributed by atoms with Gasteiger partial charge in [-0.05, 0) is 42.6 Å². The molecule has 2 N–H and O–H groups in total. The summed E-state index contributed by atoms with van der Waals surface area (Å²) >= 11 is 1.66. The first-order valence-corrected chi connectivity index (χ1v) is 16.8. The number of aryl methyl sites for hydroxylation is 1. The SMILES string of the molecule is Cc1ncsc1-c1ccc([C@H](CN2CCOCC2)NC(=O)[C@@H]2C[C@@H](O[Si](C)(C)C(C)(C)C)CN2)cc1. The highest BCUT2D eigenvalue weighted by Gasteiger charge is 2.41. The first-order valence-electron chi connectivity index (χ1n) is 13.1. The summed E-state index contributed by atoms with van der Waals surface area (Å²) in [6.07, 6.45) is 0.799. The Labute approximate surface area is 221 Å². The number of hydrogen-bond donors (Lipinski definition) is 2. The summed E-state index contributed by atoms with van der Waals surface area (Å²) < 4.78 is 12.1. The van der Waals surface area contributed by atoms with Crippen molar-refractivity contribution < 1.29 is 14.0 Å². The molecule has 0 spiro atoms. The number of nitrogens with one attached hydrogen (secondary N) is 2. The smallest absolute Gasteiger partial charge is 0.237 e. The van der Waals surface area contributed by atoms with E-state index in [0.29, 0.717) is 6.42 Å². The molecular weight excluding hydrogens is 488 g/mol. The van der Waals surface area contributed by atoms with E-state index in [0.717, 1.165) is 50.7 Å². The summed E-state index contributed by atoms with van der Waals surface area (Å²) in [4.78, 5) is 21.4. The second-order valence-corrected chi connectivity index (χ2v) is 17.2. The van der Waals surface area contributed by atoms with Crippen LogP contribution in [-0.4, -0.2) is 75.6 Å². The van der Waals surface area contributed by atoms with Gasteiger partial charge >= 0.3 is 0 Å². The Hall–Kier alpha value is -1.62. The fourth-order valence-electron chi connectivity index (χ4n) is 4.58. The quantitative estimate of drug-likeness (QED) is 0.494. The topological polar surface area (TPSA) is 75.7 Å². The minimum atomic E-state index is -1.87. The Morgan fingerprint density at radius 1 is 1.28 bits per heavy atom. The van der Waals surface area contributed by atoms with Crippen molar-refractivity contribution in [3.8, 4) is 10.4 Å². The van der Waals surface area contributed by atoms with Crippen molar-refractivity contribution in [2.75, 3.05) is 39.4 Å². The van der Waals surface area contributed by atoms with E-state index in [-0.39, 0.29) is 29.1 Å². The average Bonchev–Trinajstić information content (AvgIpc) is 3.47. The number of benzene rings is 1. The van der Waals surface area contributed by atoms with Crippen molar-refractivity contribution >= 4 is 25.6 Å². The highest BCUT2D eigenvalue weighted by Crippen LogP contribution is 2.38. The van der Waals surface area contributed by atoms with Crippen LogP contribution in [-0.2, 0) is 14.0 Å². The third-order valence-corrected chi connectivity index (χ3v) is 13.4. The minimum Gasteiger partial charge on any atom is -0.413 e. The molecule has 7 nitrogen and oxygen atoms in total. The molecule has 3 atom stereocenters. The average molecular weight is 531 g/mol. The molecule has 0 radical (unpaired) electrons. The number of rotatable bonds is 8. The maximum absolute atomic E-state index is 13.4. The molecule has 2 fully saturated rings. The van der Waals surface area contributed by atoms with Crippen LogP contribution in [0, 0.1) is 6.92 Å². The largest absolute Gasteiger partial charge is 0.413 e. The van der Waals surface area contributed by atoms with E-state index in [1.807, 2.05) is 12.4 Å². The van der Waals surface area contributed by atoms with E-state index in [9.17, 15) is 4.79 Å². The van der Waals surface area contributed by atoms with Gasteiger partial charge in [-0.25, -0.2) is 4.98 Å². The molecule has 2 aliphatic heterocycles. The predicted octanol–water partition coefficient (Wildman–Crippen LogP) is 4.36. The van der Waals surface area contributed by atoms with Gasteiger partial charge in [0.15, 0.2) is 8.32 Å². The molecule has 1 aromatic heterocycles. The monoisotopic (exact) mass is 530 g/mol. The molecule has 1 aromatic carbocycles. The van der Waals surface area contributed by atoms with Crippen LogP contribution in [0.15, 0.2) is 29.8 Å². The summed E-state index contributed by atoms with van der Waals surface area (Å²) in [5, 5.41) is 6.94. The Kier molecular flexibility index (Phi) is 8.69. The third-order valence-electron chi connectivity index (χ3n) is 7.86. The van der Waals surface area contributed by atoms with E-state index in [1.54, 1.807) is 11.3 Å². The predicted molar refractivity (Wildman–Crippen MR) is 149 cm³/mol. The Morgan fingerprint density at radius 3 is 2.58 bits per heavy atom. The number of carbonyl (C=O) groups excluding carboxylic acids is 1. The second kappa shape index (κ2) is 11.4. The first kappa shape index (κ1) is 27.4. The lowest BCUT2D eigenvalue weighted by Crippen LogP contribution is -2.47. The standard InChI is InChI=1S/C27H42N4O3SSi/c1-19-25(35-18-29-19)21-9-7-20(8-10-21)24(17-31-11-13-33-14-12-31)30-26(32)23-15-22(16-28-23)34-36(5,6)27(2,3)4/h7-10,18,22-24,28H,11-17H2,1-6H3,(H,30,32)/t22-,23+,24+/m1/s1. The molecular formula is C27H42N4O3SSi. The van der Waals surface area contributed by atoms with E-state index in [4.69, 9.17) is 9.16 Å². The van der Waals surface area contributed by atoms with E-state index in [2.05, 4.69) is 78.6 Å². The summed E-state index contributed by atoms with van der Waals surface area (Å²) in [7, 11) is -1.87. The fraction of sp³-hybridized carbons (Fsp3) is 0.630. The van der Waals surface area contributed by atoms with Gasteiger partial charge in [-0.1, -0.05) is 45.0 Å². The van der Waals surface area contributed by atoms with Crippen molar-refractivity contribution in [1.82, 2.24) is 20.5 Å². The number of carbonyl (C=O) groups is 1. The summed E-state index contributed by atoms with van der Waals surface area (Å²) in [5.41, 5.74) is 5.22. The van der Waals surface area contributed by atoms with Crippen LogP contribution < -0.4 is 10.6 Å². The molecule has 36 heavy (non-hydrogen) atoms. The van der Waals surface area contributed by atoms with E-state index >= 15 is 0 Å². The maximum Gasteiger partial charge on any atom is 0.237 e. The number of morpholine rings is 1. The molecule has 0 unspecified atom stereocenters. The van der Waals surface area contributed by atoms with Gasteiger partial charge in [-0.3, -0.25) is 9.69 Å². The van der Waals surface area contributed by atoms with Gasteiger partial charge in [0, 0.05) is 26.2 Å². The molecule has 0 saturated carbocycles. The summed E-state index contributed by atoms with van der Waals surface area (Å²) in [5.74, 6) is 0.0527. The normalized spacial score (nSPS) is 22.5. The Balaban J connectivity index is 1.44. The minimum absolute atomic E-state index is 0.0527. The molecule has 4 rings (SSSR count). The van der Waals surface area contributed by atoms with Gasteiger partial charge < -0.3 is 19.8 Å². The highest BCUT2D eigenvalue weighted by atomic mass is 32.1. The van der Waals surface area contributed by atoms with Crippen LogP contribution in [0.25, 0.3) is 10.4 Å². The van der Waals surface area contributed by atoms with Crippen LogP contribution in [0.4, 0.5) is 0 Å². The molecule has 3 heterocycles. The highest BCUT2D eigenvalue weighted by molar-refractivity contribution is 7.13. The number of aromatic nitrogens is 1. The van der Waals surface area contributed by atoms with Crippen LogP contribution in [0.5, 0.6) is 0 Å². The Morgan fingerprint density at radius 2 is 1.97 bits per heavy atom. The number of thiazole rings is 1. The van der Waals surface area contributed by atoms with Crippen LogP contribution in [0.2, 0.25) is 18.1 Å². The van der Waals surface area contributed by atoms with Gasteiger partial charge in [-0.2, -0.15) is 0 Å². The van der Waals surface area contributed by atoms with E-state index < -0.39 is 8.32 Å². The number of nitrogens with zero attached hydrogens (tertiary/aromatic N) is 2. The van der Waals surface area contributed by atoms with E-state index in [1.165, 1.54) is 10.4 Å². The van der Waals surface area contributed by atoms with Crippen molar-refractivity contribution in [1.29, 1.82) is 0 Å². The molecule has 198 valence electrons. The van der Waals surface area contributed by atoms with Gasteiger partial charge in [0.2, 0.25) is 5.91 Å². The van der Waals surface area contributed by atoms with Crippen molar-refractivity contribution in [3.63, 3.8) is 0 Å². The van der Waals surface area contributed by atoms with Gasteiger partial charge in [0.05, 0.1) is 47.5 Å². The lowest BCUT2D eigenvalue weighted by molar-refractivity contribution is -0.123. The fourth-order valence-corrected chi connectivity index (χ4v) is 6.76. The summed E-state index contributed by atoms with van der Waals surface area (Å²) in [6.45, 7) is 18.1. The lowest BCUT2D eigenvalue weighted by Gasteiger charge is -2.38. The number of ether oxygens (including phenoxy) is 1. The summed E-state index contributed by atoms with van der Waals surface area (Å²) in [6, 6.07) is 8.26. The van der Waals surface area contributed by atoms with Gasteiger partial charge in [0.1, 0.15) is 0 Å². The zero-order chi connectivity index (χ0) is 25.9. The maximum atomic E-state index is 13.4. The van der Waals surface area contributed by atoms with Gasteiger partial charge in [0.25, 0.3) is 0 Å². The third kappa shape index (κ3) is 6.62. The molecule has 0 aliphatic carbocycles. The van der Waals surface area contributed by atoms with Crippen molar-refractivity contribution in [3.05, 3.63) is 41.0 Å². The molecule has 0 bridgehead atoms. The number of hydrogen-bond acceptors (Lipinski definition) is 7. The second-order valence-electron chi connectivity index (χ2n) is 11.6. The van der Waals surface area contributed by atoms with Crippen molar-refractivity contribution in [2.45, 2.75) is 70.4 Å². The zero-order valence-electron chi connectivity index (χ0n) is 22.6. The van der Waals surface area contributed by atoms with Crippen molar-refractivity contribution in [2.24, 2.45) is 0 Å². The Bertz CT molecular complexity index is 1010. The molecule has 2 aliphatic rings. The van der Waals surface area contributed by atoms with Crippen LogP contribution in [0.1, 0.15) is 44.5 Å². The molecule has 9 heteroatoms. The van der Waals surface area contributed by atoms with Gasteiger partial charge in [-0.15, -0.1) is 11.3 Å². The van der Waals surface area contributed by atoms with Crippen LogP contribution >= 0.6 is 11.3 Å². The first-order chi connectivity index (χ1) is 17.0. The number of amides is 1. The lowest BCUT2D eigenvalue weighted by atomic mass is 10.0. The van der Waals surface area contributed by atoms with Crippen LogP contribution in [0.3, 0.4) is 0 Å². The zero-order valence-corrected chi connectivity index (χ0v) is 24.4.